The third-order valence-corrected chi connectivity index (χ3v) is 1.85. The fraction of sp³-hybridized carbons (Fsp3) is 0.250. The van der Waals surface area contributed by atoms with Crippen LogP contribution in [0.4, 0.5) is 4.39 Å². The number of carbonyl (C=O) groups is 1. The second-order valence-electron chi connectivity index (χ2n) is 2.94. The smallest absolute Gasteiger partial charge is 0.317 e. The lowest BCUT2D eigenvalue weighted by Gasteiger charge is -1.95. The van der Waals surface area contributed by atoms with Crippen molar-refractivity contribution in [3.8, 4) is 11.8 Å². The number of benzene rings is 1. The van der Waals surface area contributed by atoms with Gasteiger partial charge in [-0.3, -0.25) is 4.79 Å². The molecular weight excluding hydrogens is 231 g/mol. The van der Waals surface area contributed by atoms with Crippen LogP contribution >= 0.6 is 11.6 Å². The third-order valence-electron chi connectivity index (χ3n) is 1.63. The maximum Gasteiger partial charge on any atom is 0.317 e. The minimum Gasteiger partial charge on any atom is -0.465 e. The Morgan fingerprint density at radius 2 is 2.25 bits per heavy atom. The van der Waals surface area contributed by atoms with Gasteiger partial charge in [0.1, 0.15) is 12.2 Å². The van der Waals surface area contributed by atoms with Crippen molar-refractivity contribution in [1.82, 2.24) is 0 Å². The highest BCUT2D eigenvalue weighted by atomic mass is 35.5. The molecule has 0 heterocycles. The van der Waals surface area contributed by atoms with Crippen LogP contribution in [0.5, 0.6) is 0 Å². The molecule has 84 valence electrons. The number of hydrogen-bond acceptors (Lipinski definition) is 2. The van der Waals surface area contributed by atoms with Gasteiger partial charge in [-0.2, -0.15) is 0 Å². The molecule has 0 aliphatic carbocycles. The van der Waals surface area contributed by atoms with Gasteiger partial charge in [0.05, 0.1) is 6.61 Å². The molecule has 0 saturated heterocycles. The van der Waals surface area contributed by atoms with Crippen molar-refractivity contribution in [3.63, 3.8) is 0 Å². The van der Waals surface area contributed by atoms with E-state index in [1.807, 2.05) is 0 Å². The van der Waals surface area contributed by atoms with Crippen molar-refractivity contribution in [3.05, 3.63) is 34.6 Å². The Hall–Kier alpha value is -1.53. The van der Waals surface area contributed by atoms with Gasteiger partial charge < -0.3 is 4.74 Å². The fourth-order valence-corrected chi connectivity index (χ4v) is 1.28. The van der Waals surface area contributed by atoms with E-state index in [0.717, 1.165) is 0 Å². The van der Waals surface area contributed by atoms with Crippen LogP contribution in [0, 0.1) is 17.7 Å². The largest absolute Gasteiger partial charge is 0.465 e. The minimum absolute atomic E-state index is 0.0119. The molecule has 0 radical (unpaired) electrons. The molecule has 0 spiro atoms. The van der Waals surface area contributed by atoms with Crippen LogP contribution in [-0.2, 0) is 9.53 Å². The van der Waals surface area contributed by atoms with E-state index in [0.29, 0.717) is 12.2 Å². The number of ether oxygens (including phenoxy) is 1. The molecule has 0 aromatic heterocycles. The fourth-order valence-electron chi connectivity index (χ4n) is 1.06. The Kier molecular flexibility index (Phi) is 4.81. The first-order chi connectivity index (χ1) is 7.61. The molecule has 2 nitrogen and oxygen atoms in total. The Balaban J connectivity index is 2.66. The van der Waals surface area contributed by atoms with Gasteiger partial charge in [-0.1, -0.05) is 23.4 Å². The summed E-state index contributed by atoms with van der Waals surface area (Å²) in [4.78, 5) is 10.9. The summed E-state index contributed by atoms with van der Waals surface area (Å²) in [5.41, 5.74) is 0.439. The molecule has 0 unspecified atom stereocenters. The van der Waals surface area contributed by atoms with Crippen LogP contribution in [0.3, 0.4) is 0 Å². The predicted molar refractivity (Wildman–Crippen MR) is 59.5 cm³/mol. The van der Waals surface area contributed by atoms with E-state index in [1.165, 1.54) is 18.2 Å². The number of halogens is 2. The molecule has 0 aliphatic heterocycles. The highest BCUT2D eigenvalue weighted by Crippen LogP contribution is 2.13. The van der Waals surface area contributed by atoms with Gasteiger partial charge in [-0.25, -0.2) is 4.39 Å². The van der Waals surface area contributed by atoms with E-state index in [4.69, 9.17) is 11.6 Å². The van der Waals surface area contributed by atoms with E-state index >= 15 is 0 Å². The summed E-state index contributed by atoms with van der Waals surface area (Å²) in [6, 6.07) is 3.98. The summed E-state index contributed by atoms with van der Waals surface area (Å²) < 4.78 is 17.6. The molecule has 1 aromatic rings. The van der Waals surface area contributed by atoms with Gasteiger partial charge in [-0.05, 0) is 25.1 Å². The molecule has 0 N–H and O–H groups in total. The lowest BCUT2D eigenvalue weighted by atomic mass is 10.2. The van der Waals surface area contributed by atoms with E-state index in [9.17, 15) is 9.18 Å². The lowest BCUT2D eigenvalue weighted by molar-refractivity contribution is -0.141. The highest BCUT2D eigenvalue weighted by Gasteiger charge is 1.98. The molecule has 0 saturated carbocycles. The van der Waals surface area contributed by atoms with Gasteiger partial charge in [0.25, 0.3) is 0 Å². The highest BCUT2D eigenvalue weighted by molar-refractivity contribution is 6.30. The van der Waals surface area contributed by atoms with Crippen molar-refractivity contribution in [2.45, 2.75) is 13.3 Å². The maximum absolute atomic E-state index is 12.9. The Bertz CT molecular complexity index is 426. The van der Waals surface area contributed by atoms with E-state index in [1.54, 1.807) is 6.92 Å². The maximum atomic E-state index is 12.9. The molecule has 0 atom stereocenters. The monoisotopic (exact) mass is 240 g/mol. The summed E-state index contributed by atoms with van der Waals surface area (Å²) in [6.45, 7) is 2.05. The molecule has 1 rings (SSSR count). The Morgan fingerprint density at radius 3 is 2.88 bits per heavy atom. The predicted octanol–water partition coefficient (Wildman–Crippen LogP) is 2.78. The molecule has 0 fully saturated rings. The number of esters is 1. The first-order valence-electron chi connectivity index (χ1n) is 4.72. The SMILES string of the molecule is CCOC(=O)CC#Cc1cc(F)cc(Cl)c1. The Morgan fingerprint density at radius 1 is 1.50 bits per heavy atom. The normalized spacial score (nSPS) is 9.19. The van der Waals surface area contributed by atoms with Crippen LogP contribution in [0.25, 0.3) is 0 Å². The lowest BCUT2D eigenvalue weighted by Crippen LogP contribution is -2.01. The van der Waals surface area contributed by atoms with Gasteiger partial charge in [-0.15, -0.1) is 0 Å². The molecule has 1 aromatic carbocycles. The van der Waals surface area contributed by atoms with Crippen LogP contribution in [0.2, 0.25) is 5.02 Å². The standard InChI is InChI=1S/C12H10ClFO2/c1-2-16-12(15)5-3-4-9-6-10(13)8-11(14)7-9/h6-8H,2,5H2,1H3. The van der Waals surface area contributed by atoms with E-state index in [2.05, 4.69) is 16.6 Å². The van der Waals surface area contributed by atoms with Crippen molar-refractivity contribution in [1.29, 1.82) is 0 Å². The first-order valence-corrected chi connectivity index (χ1v) is 5.10. The van der Waals surface area contributed by atoms with Crippen molar-refractivity contribution in [2.24, 2.45) is 0 Å². The summed E-state index contributed by atoms with van der Waals surface area (Å²) >= 11 is 5.64. The van der Waals surface area contributed by atoms with Crippen molar-refractivity contribution in [2.75, 3.05) is 6.61 Å². The molecular formula is C12H10ClFO2. The van der Waals surface area contributed by atoms with Crippen LogP contribution < -0.4 is 0 Å². The summed E-state index contributed by atoms with van der Waals surface area (Å²) in [5.74, 6) is 4.39. The average molecular weight is 241 g/mol. The zero-order chi connectivity index (χ0) is 12.0. The quantitative estimate of drug-likeness (QED) is 0.587. The molecule has 0 bridgehead atoms. The first kappa shape index (κ1) is 12.5. The van der Waals surface area contributed by atoms with E-state index in [-0.39, 0.29) is 11.4 Å². The van der Waals surface area contributed by atoms with Gasteiger partial charge in [0.2, 0.25) is 0 Å². The van der Waals surface area contributed by atoms with Crippen molar-refractivity contribution >= 4 is 17.6 Å². The second-order valence-corrected chi connectivity index (χ2v) is 3.38. The van der Waals surface area contributed by atoms with Crippen LogP contribution in [0.15, 0.2) is 18.2 Å². The third kappa shape index (κ3) is 4.33. The van der Waals surface area contributed by atoms with Gasteiger partial charge >= 0.3 is 5.97 Å². The number of carbonyl (C=O) groups excluding carboxylic acids is 1. The Labute approximate surface area is 98.4 Å². The summed E-state index contributed by atoms with van der Waals surface area (Å²) in [6.07, 6.45) is -0.0119. The zero-order valence-electron chi connectivity index (χ0n) is 8.72. The number of hydrogen-bond donors (Lipinski definition) is 0. The molecule has 0 aliphatic rings. The number of rotatable bonds is 2. The minimum atomic E-state index is -0.451. The van der Waals surface area contributed by atoms with E-state index < -0.39 is 11.8 Å². The topological polar surface area (TPSA) is 26.3 Å². The molecule has 16 heavy (non-hydrogen) atoms. The van der Waals surface area contributed by atoms with Gasteiger partial charge in [0, 0.05) is 10.6 Å². The summed E-state index contributed by atoms with van der Waals surface area (Å²) in [5, 5.41) is 0.278. The van der Waals surface area contributed by atoms with Crippen LogP contribution in [-0.4, -0.2) is 12.6 Å². The van der Waals surface area contributed by atoms with Crippen LogP contribution in [0.1, 0.15) is 18.9 Å². The molecule has 4 heteroatoms. The summed E-state index contributed by atoms with van der Waals surface area (Å²) in [7, 11) is 0. The average Bonchev–Trinajstić information content (AvgIpc) is 2.16. The van der Waals surface area contributed by atoms with Gasteiger partial charge in [0.15, 0.2) is 0 Å². The van der Waals surface area contributed by atoms with Crippen molar-refractivity contribution < 1.29 is 13.9 Å². The molecule has 0 amide bonds. The zero-order valence-corrected chi connectivity index (χ0v) is 9.47. The second kappa shape index (κ2) is 6.14.